The average molecular weight is 312 g/mol. The zero-order valence-corrected chi connectivity index (χ0v) is 14.4. The van der Waals surface area contributed by atoms with Crippen LogP contribution in [0.3, 0.4) is 0 Å². The molecule has 0 aromatic heterocycles. The van der Waals surface area contributed by atoms with Gasteiger partial charge in [-0.25, -0.2) is 8.42 Å². The molecule has 0 aliphatic heterocycles. The van der Waals surface area contributed by atoms with Crippen LogP contribution in [0.1, 0.15) is 45.6 Å². The van der Waals surface area contributed by atoms with Gasteiger partial charge in [-0.15, -0.1) is 0 Å². The van der Waals surface area contributed by atoms with E-state index in [9.17, 15) is 8.42 Å². The lowest BCUT2D eigenvalue weighted by Crippen LogP contribution is -2.19. The molecule has 0 spiro atoms. The van der Waals surface area contributed by atoms with E-state index in [1.54, 1.807) is 0 Å². The Bertz CT molecular complexity index is 501. The Hall–Kier alpha value is -0.870. The van der Waals surface area contributed by atoms with Gasteiger partial charge in [0.05, 0.1) is 18.1 Å². The maximum Gasteiger partial charge on any atom is 0.150 e. The number of ether oxygens (including phenoxy) is 1. The fourth-order valence-electron chi connectivity index (χ4n) is 2.10. The van der Waals surface area contributed by atoms with Crippen molar-refractivity contribution in [1.29, 1.82) is 0 Å². The van der Waals surface area contributed by atoms with Gasteiger partial charge in [-0.2, -0.15) is 0 Å². The Morgan fingerprint density at radius 1 is 1.14 bits per heavy atom. The standard InChI is InChI=1S/C17H28O3S/c1-15(16-9-6-5-7-10-16)13-21(18,19)12-8-11-20-14-17(2,3)4/h5-7,9-10,15H,8,11-14H2,1-4H3/t15-/m0/s1. The van der Waals surface area contributed by atoms with Crippen molar-refractivity contribution >= 4 is 9.84 Å². The number of rotatable bonds is 8. The predicted molar refractivity (Wildman–Crippen MR) is 88.4 cm³/mol. The summed E-state index contributed by atoms with van der Waals surface area (Å²) in [6.07, 6.45) is 0.569. The minimum Gasteiger partial charge on any atom is -0.381 e. The van der Waals surface area contributed by atoms with Crippen molar-refractivity contribution in [3.8, 4) is 0 Å². The molecule has 1 aromatic rings. The lowest BCUT2D eigenvalue weighted by molar-refractivity contribution is 0.0720. The molecule has 0 saturated heterocycles. The molecule has 3 nitrogen and oxygen atoms in total. The van der Waals surface area contributed by atoms with Gasteiger partial charge >= 0.3 is 0 Å². The van der Waals surface area contributed by atoms with Crippen molar-refractivity contribution in [2.45, 2.75) is 40.0 Å². The third-order valence-corrected chi connectivity index (χ3v) is 5.07. The van der Waals surface area contributed by atoms with Crippen molar-refractivity contribution < 1.29 is 13.2 Å². The van der Waals surface area contributed by atoms with Gasteiger partial charge < -0.3 is 4.74 Å². The van der Waals surface area contributed by atoms with E-state index in [0.717, 1.165) is 5.56 Å². The van der Waals surface area contributed by atoms with Gasteiger partial charge in [-0.05, 0) is 23.3 Å². The van der Waals surface area contributed by atoms with Gasteiger partial charge in [0.15, 0.2) is 9.84 Å². The van der Waals surface area contributed by atoms with E-state index in [1.807, 2.05) is 37.3 Å². The van der Waals surface area contributed by atoms with Gasteiger partial charge in [0.25, 0.3) is 0 Å². The third kappa shape index (κ3) is 8.22. The first-order chi connectivity index (χ1) is 9.70. The predicted octanol–water partition coefficient (Wildman–Crippen LogP) is 3.66. The van der Waals surface area contributed by atoms with Crippen molar-refractivity contribution in [3.63, 3.8) is 0 Å². The van der Waals surface area contributed by atoms with Crippen molar-refractivity contribution in [2.75, 3.05) is 24.7 Å². The van der Waals surface area contributed by atoms with E-state index >= 15 is 0 Å². The Morgan fingerprint density at radius 3 is 2.33 bits per heavy atom. The Balaban J connectivity index is 2.34. The number of hydrogen-bond donors (Lipinski definition) is 0. The Kier molecular flexibility index (Phi) is 6.88. The SMILES string of the molecule is C[C@@H](CS(=O)(=O)CCCOCC(C)(C)C)c1ccccc1. The van der Waals surface area contributed by atoms with E-state index in [-0.39, 0.29) is 22.8 Å². The summed E-state index contributed by atoms with van der Waals surface area (Å²) in [7, 11) is -3.02. The fourth-order valence-corrected chi connectivity index (χ4v) is 3.78. The first kappa shape index (κ1) is 18.2. The quantitative estimate of drug-likeness (QED) is 0.688. The molecule has 0 heterocycles. The van der Waals surface area contributed by atoms with Crippen molar-refractivity contribution in [2.24, 2.45) is 5.41 Å². The summed E-state index contributed by atoms with van der Waals surface area (Å²) in [5.74, 6) is 0.441. The smallest absolute Gasteiger partial charge is 0.150 e. The monoisotopic (exact) mass is 312 g/mol. The van der Waals surface area contributed by atoms with Gasteiger partial charge in [-0.3, -0.25) is 0 Å². The molecule has 120 valence electrons. The van der Waals surface area contributed by atoms with Crippen LogP contribution in [-0.4, -0.2) is 33.1 Å². The molecular weight excluding hydrogens is 284 g/mol. The molecule has 0 N–H and O–H groups in total. The van der Waals surface area contributed by atoms with Crippen LogP contribution in [0.15, 0.2) is 30.3 Å². The largest absolute Gasteiger partial charge is 0.381 e. The number of sulfone groups is 1. The van der Waals surface area contributed by atoms with Gasteiger partial charge in [0.2, 0.25) is 0 Å². The van der Waals surface area contributed by atoms with Crippen LogP contribution in [0.5, 0.6) is 0 Å². The third-order valence-electron chi connectivity index (χ3n) is 3.15. The molecule has 0 unspecified atom stereocenters. The molecule has 0 saturated carbocycles. The highest BCUT2D eigenvalue weighted by Gasteiger charge is 2.17. The summed E-state index contributed by atoms with van der Waals surface area (Å²) < 4.78 is 29.8. The highest BCUT2D eigenvalue weighted by Crippen LogP contribution is 2.17. The molecule has 0 aliphatic rings. The minimum absolute atomic E-state index is 0.0340. The van der Waals surface area contributed by atoms with Crippen LogP contribution in [0, 0.1) is 5.41 Å². The maximum atomic E-state index is 12.1. The second-order valence-corrected chi connectivity index (χ2v) is 9.12. The van der Waals surface area contributed by atoms with Gasteiger partial charge in [0, 0.05) is 6.61 Å². The molecule has 1 atom stereocenters. The lowest BCUT2D eigenvalue weighted by Gasteiger charge is -2.18. The molecule has 1 rings (SSSR count). The first-order valence-electron chi connectivity index (χ1n) is 7.53. The molecule has 0 aliphatic carbocycles. The normalized spacial score (nSPS) is 14.1. The van der Waals surface area contributed by atoms with Gasteiger partial charge in [0.1, 0.15) is 0 Å². The number of hydrogen-bond acceptors (Lipinski definition) is 3. The maximum absolute atomic E-state index is 12.1. The molecule has 21 heavy (non-hydrogen) atoms. The number of benzene rings is 1. The highest BCUT2D eigenvalue weighted by atomic mass is 32.2. The Morgan fingerprint density at radius 2 is 1.76 bits per heavy atom. The molecule has 1 aromatic carbocycles. The fraction of sp³-hybridized carbons (Fsp3) is 0.647. The summed E-state index contributed by atoms with van der Waals surface area (Å²) >= 11 is 0. The van der Waals surface area contributed by atoms with Crippen molar-refractivity contribution in [3.05, 3.63) is 35.9 Å². The van der Waals surface area contributed by atoms with Crippen LogP contribution >= 0.6 is 0 Å². The molecule has 0 fully saturated rings. The second-order valence-electron chi connectivity index (χ2n) is 6.89. The summed E-state index contributed by atoms with van der Waals surface area (Å²) in [6.45, 7) is 9.44. The zero-order chi connectivity index (χ0) is 15.9. The van der Waals surface area contributed by atoms with Crippen LogP contribution in [0.4, 0.5) is 0 Å². The Labute approximate surface area is 129 Å². The van der Waals surface area contributed by atoms with E-state index in [1.165, 1.54) is 0 Å². The molecule has 4 heteroatoms. The topological polar surface area (TPSA) is 43.4 Å². The summed E-state index contributed by atoms with van der Waals surface area (Å²) in [5.41, 5.74) is 1.20. The van der Waals surface area contributed by atoms with E-state index in [2.05, 4.69) is 20.8 Å². The summed E-state index contributed by atoms with van der Waals surface area (Å²) in [5, 5.41) is 0. The zero-order valence-electron chi connectivity index (χ0n) is 13.6. The molecule has 0 bridgehead atoms. The van der Waals surface area contributed by atoms with E-state index in [0.29, 0.717) is 19.6 Å². The van der Waals surface area contributed by atoms with Crippen LogP contribution in [0.2, 0.25) is 0 Å². The minimum atomic E-state index is -3.02. The average Bonchev–Trinajstić information content (AvgIpc) is 2.37. The molecular formula is C17H28O3S. The van der Waals surface area contributed by atoms with Crippen LogP contribution < -0.4 is 0 Å². The first-order valence-corrected chi connectivity index (χ1v) is 9.35. The summed E-state index contributed by atoms with van der Waals surface area (Å²) in [6, 6.07) is 9.79. The molecule has 0 amide bonds. The van der Waals surface area contributed by atoms with Crippen molar-refractivity contribution in [1.82, 2.24) is 0 Å². The van der Waals surface area contributed by atoms with Crippen LogP contribution in [0.25, 0.3) is 0 Å². The van der Waals surface area contributed by atoms with E-state index in [4.69, 9.17) is 4.74 Å². The van der Waals surface area contributed by atoms with Crippen LogP contribution in [-0.2, 0) is 14.6 Å². The lowest BCUT2D eigenvalue weighted by atomic mass is 9.99. The molecule has 0 radical (unpaired) electrons. The summed E-state index contributed by atoms with van der Waals surface area (Å²) in [4.78, 5) is 0. The second kappa shape index (κ2) is 7.95. The van der Waals surface area contributed by atoms with E-state index < -0.39 is 9.84 Å². The highest BCUT2D eigenvalue weighted by molar-refractivity contribution is 7.91. The van der Waals surface area contributed by atoms with Gasteiger partial charge in [-0.1, -0.05) is 58.0 Å².